The zero-order valence-corrected chi connectivity index (χ0v) is 13.7. The highest BCUT2D eigenvalue weighted by Crippen LogP contribution is 2.44. The number of hydrogen-bond acceptors (Lipinski definition) is 6. The fourth-order valence-electron chi connectivity index (χ4n) is 2.75. The molecule has 1 aliphatic carbocycles. The topological polar surface area (TPSA) is 54.0 Å². The molecule has 0 N–H and O–H groups in total. The molecule has 0 bridgehead atoms. The third kappa shape index (κ3) is 3.67. The smallest absolute Gasteiger partial charge is 0.457 e. The first-order chi connectivity index (χ1) is 12.0. The van der Waals surface area contributed by atoms with Crippen molar-refractivity contribution >= 4 is 18.9 Å². The lowest BCUT2D eigenvalue weighted by atomic mass is 10.1. The van der Waals surface area contributed by atoms with Gasteiger partial charge in [0.05, 0.1) is 6.61 Å². The van der Waals surface area contributed by atoms with Gasteiger partial charge in [-0.3, -0.25) is 0 Å². The van der Waals surface area contributed by atoms with Crippen molar-refractivity contribution in [3.8, 4) is 11.1 Å². The first kappa shape index (κ1) is 17.8. The third-order valence-electron chi connectivity index (χ3n) is 3.76. The maximum absolute atomic E-state index is 13.0. The van der Waals surface area contributed by atoms with Crippen LogP contribution in [-0.2, 0) is 23.5 Å². The molecular weight excluding hydrogens is 354 g/mol. The maximum Gasteiger partial charge on any atom is 0.483 e. The van der Waals surface area contributed by atoms with Crippen LogP contribution in [0.1, 0.15) is 17.2 Å². The summed E-state index contributed by atoms with van der Waals surface area (Å²) in [6, 6.07) is 15.5. The van der Waals surface area contributed by atoms with Gasteiger partial charge in [-0.1, -0.05) is 48.5 Å². The van der Waals surface area contributed by atoms with E-state index in [0.29, 0.717) is 0 Å². The highest BCUT2D eigenvalue weighted by atomic mass is 32.1. The molecule has 0 radical (unpaired) electrons. The van der Waals surface area contributed by atoms with E-state index < -0.39 is 12.1 Å². The molecule has 0 aromatic heterocycles. The van der Waals surface area contributed by atoms with Crippen molar-refractivity contribution in [2.45, 2.75) is 12.2 Å². The Balaban J connectivity index is 1.62. The molecule has 0 amide bonds. The normalized spacial score (nSPS) is 13.4. The number of carbonyl (C=O) groups is 1. The van der Waals surface area contributed by atoms with E-state index in [0.717, 1.165) is 22.3 Å². The molecule has 0 unspecified atom stereocenters. The van der Waals surface area contributed by atoms with Crippen molar-refractivity contribution in [3.05, 3.63) is 59.7 Å². The van der Waals surface area contributed by atoms with Gasteiger partial charge in [0.15, 0.2) is 0 Å². The number of hydrogen-bond donors (Lipinski definition) is 1. The van der Waals surface area contributed by atoms with Crippen LogP contribution < -0.4 is 0 Å². The molecule has 25 heavy (non-hydrogen) atoms. The molecule has 5 nitrogen and oxygen atoms in total. The number of thiol groups is 1. The lowest BCUT2D eigenvalue weighted by Gasteiger charge is -2.16. The molecule has 0 saturated carbocycles. The Morgan fingerprint density at radius 1 is 1.00 bits per heavy atom. The van der Waals surface area contributed by atoms with E-state index in [1.807, 2.05) is 48.5 Å². The van der Waals surface area contributed by atoms with Gasteiger partial charge in [0.25, 0.3) is 0 Å². The van der Waals surface area contributed by atoms with Crippen molar-refractivity contribution in [3.63, 3.8) is 0 Å². The Labute approximate surface area is 148 Å². The fourth-order valence-corrected chi connectivity index (χ4v) is 2.85. The first-order valence-corrected chi connectivity index (χ1v) is 7.75. The van der Waals surface area contributed by atoms with Crippen LogP contribution in [0.2, 0.25) is 0 Å². The zero-order valence-electron chi connectivity index (χ0n) is 12.9. The summed E-state index contributed by atoms with van der Waals surface area (Å²) in [7, 11) is 0. The van der Waals surface area contributed by atoms with Gasteiger partial charge < -0.3 is 9.47 Å². The number of esters is 1. The van der Waals surface area contributed by atoms with Crippen molar-refractivity contribution in [1.82, 2.24) is 0 Å². The summed E-state index contributed by atoms with van der Waals surface area (Å²) in [5.74, 6) is -1.88. The molecule has 1 aliphatic rings. The van der Waals surface area contributed by atoms with Crippen LogP contribution in [0, 0.1) is 0 Å². The molecule has 2 aromatic rings. The van der Waals surface area contributed by atoms with Gasteiger partial charge in [-0.05, 0) is 22.3 Å². The molecule has 0 heterocycles. The zero-order chi connectivity index (χ0) is 17.9. The van der Waals surface area contributed by atoms with E-state index in [9.17, 15) is 13.6 Å². The van der Waals surface area contributed by atoms with Crippen LogP contribution in [0.3, 0.4) is 0 Å². The van der Waals surface area contributed by atoms with Crippen LogP contribution in [0.25, 0.3) is 11.1 Å². The summed E-state index contributed by atoms with van der Waals surface area (Å²) < 4.78 is 39.8. The standard InChI is InChI=1S/C17H14F2O5S/c18-17(19,23-24-25)16(20)22-10-9-21-15-13-7-3-1-5-11(13)12-6-2-4-8-14(12)15/h1-8,15,25H,9-10H2. The predicted molar refractivity (Wildman–Crippen MR) is 86.7 cm³/mol. The highest BCUT2D eigenvalue weighted by Gasteiger charge is 2.44. The number of ether oxygens (including phenoxy) is 2. The van der Waals surface area contributed by atoms with Gasteiger partial charge in [0.2, 0.25) is 0 Å². The van der Waals surface area contributed by atoms with E-state index in [4.69, 9.17) is 4.74 Å². The molecule has 8 heteroatoms. The molecular formula is C17H14F2O5S. The highest BCUT2D eigenvalue weighted by molar-refractivity contribution is 7.74. The molecule has 0 aliphatic heterocycles. The summed E-state index contributed by atoms with van der Waals surface area (Å²) in [6.45, 7) is -0.415. The monoisotopic (exact) mass is 368 g/mol. The Kier molecular flexibility index (Phi) is 5.33. The van der Waals surface area contributed by atoms with Gasteiger partial charge in [-0.25, -0.2) is 4.79 Å². The quantitative estimate of drug-likeness (QED) is 0.202. The van der Waals surface area contributed by atoms with Gasteiger partial charge in [-0.2, -0.15) is 13.1 Å². The summed E-state index contributed by atoms with van der Waals surface area (Å²) in [6.07, 6.45) is -4.57. The molecule has 0 fully saturated rings. The van der Waals surface area contributed by atoms with Crippen LogP contribution in [-0.4, -0.2) is 25.3 Å². The van der Waals surface area contributed by atoms with Gasteiger partial charge in [0.1, 0.15) is 12.7 Å². The predicted octanol–water partition coefficient (Wildman–Crippen LogP) is 3.70. The number of rotatable bonds is 7. The Morgan fingerprint density at radius 2 is 1.56 bits per heavy atom. The molecule has 0 saturated heterocycles. The van der Waals surface area contributed by atoms with Crippen LogP contribution in [0.5, 0.6) is 0 Å². The number of halogens is 2. The average Bonchev–Trinajstić information content (AvgIpc) is 2.93. The first-order valence-electron chi connectivity index (χ1n) is 7.38. The SMILES string of the molecule is O=C(OCCOC1c2ccccc2-c2ccccc21)C(F)(F)OOS. The Bertz CT molecular complexity index is 723. The molecule has 132 valence electrons. The average molecular weight is 368 g/mol. The number of benzene rings is 2. The molecule has 0 atom stereocenters. The minimum Gasteiger partial charge on any atom is -0.457 e. The largest absolute Gasteiger partial charge is 0.483 e. The van der Waals surface area contributed by atoms with Crippen molar-refractivity contribution < 1.29 is 32.3 Å². The van der Waals surface area contributed by atoms with Gasteiger partial charge in [0, 0.05) is 12.9 Å². The van der Waals surface area contributed by atoms with Crippen LogP contribution in [0.4, 0.5) is 8.78 Å². The minimum absolute atomic E-state index is 0.0586. The number of alkyl halides is 2. The molecule has 3 rings (SSSR count). The maximum atomic E-state index is 13.0. The fraction of sp³-hybridized carbons (Fsp3) is 0.235. The lowest BCUT2D eigenvalue weighted by molar-refractivity contribution is -0.369. The van der Waals surface area contributed by atoms with E-state index in [-0.39, 0.29) is 19.3 Å². The number of fused-ring (bicyclic) bond motifs is 3. The molecule has 0 spiro atoms. The summed E-state index contributed by atoms with van der Waals surface area (Å²) in [5.41, 5.74) is 4.08. The summed E-state index contributed by atoms with van der Waals surface area (Å²) >= 11 is 3.00. The Morgan fingerprint density at radius 3 is 2.12 bits per heavy atom. The van der Waals surface area contributed by atoms with Crippen LogP contribution in [0.15, 0.2) is 48.5 Å². The second-order valence-corrected chi connectivity index (χ2v) is 5.38. The van der Waals surface area contributed by atoms with Gasteiger partial charge in [-0.15, -0.1) is 4.89 Å². The number of carbonyl (C=O) groups excluding carboxylic acids is 1. The van der Waals surface area contributed by atoms with E-state index in [1.54, 1.807) is 0 Å². The van der Waals surface area contributed by atoms with Crippen molar-refractivity contribution in [2.75, 3.05) is 13.2 Å². The second-order valence-electron chi connectivity index (χ2n) is 5.24. The van der Waals surface area contributed by atoms with E-state index in [1.165, 1.54) is 0 Å². The van der Waals surface area contributed by atoms with Crippen molar-refractivity contribution in [2.24, 2.45) is 0 Å². The van der Waals surface area contributed by atoms with Crippen molar-refractivity contribution in [1.29, 1.82) is 0 Å². The second kappa shape index (κ2) is 7.49. The summed E-state index contributed by atoms with van der Waals surface area (Å²) in [5, 5.41) is 0. The minimum atomic E-state index is -4.23. The van der Waals surface area contributed by atoms with Crippen LogP contribution >= 0.6 is 12.9 Å². The molecule has 2 aromatic carbocycles. The van der Waals surface area contributed by atoms with E-state index in [2.05, 4.69) is 26.9 Å². The summed E-state index contributed by atoms with van der Waals surface area (Å²) in [4.78, 5) is 14.6. The van der Waals surface area contributed by atoms with E-state index >= 15 is 0 Å². The Hall–Kier alpha value is -2.00. The van der Waals surface area contributed by atoms with Gasteiger partial charge >= 0.3 is 12.1 Å². The lowest BCUT2D eigenvalue weighted by Crippen LogP contribution is -2.34. The third-order valence-corrected chi connectivity index (χ3v) is 3.83.